The topological polar surface area (TPSA) is 49.3 Å². The van der Waals surface area contributed by atoms with Gasteiger partial charge in [0.05, 0.1) is 11.9 Å². The summed E-state index contributed by atoms with van der Waals surface area (Å²) in [6, 6.07) is 16.1. The molecule has 0 unspecified atom stereocenters. The van der Waals surface area contributed by atoms with E-state index in [1.807, 2.05) is 25.2 Å². The highest BCUT2D eigenvalue weighted by Gasteiger charge is 2.14. The van der Waals surface area contributed by atoms with E-state index in [1.54, 1.807) is 29.6 Å². The summed E-state index contributed by atoms with van der Waals surface area (Å²) in [4.78, 5) is 25.0. The molecule has 5 heteroatoms. The molecule has 5 nitrogen and oxygen atoms in total. The number of aromatic nitrogens is 2. The van der Waals surface area contributed by atoms with Gasteiger partial charge in [0.1, 0.15) is 5.69 Å². The van der Waals surface area contributed by atoms with Gasteiger partial charge in [0.2, 0.25) is 0 Å². The predicted molar refractivity (Wildman–Crippen MR) is 113 cm³/mol. The second-order valence-corrected chi connectivity index (χ2v) is 6.82. The number of rotatable bonds is 7. The molecule has 1 amide bonds. The monoisotopic (exact) mass is 374 g/mol. The lowest BCUT2D eigenvalue weighted by Crippen LogP contribution is -2.29. The molecule has 2 aromatic heterocycles. The summed E-state index contributed by atoms with van der Waals surface area (Å²) in [5.74, 6) is -0.0702. The molecule has 3 aromatic rings. The van der Waals surface area contributed by atoms with Crippen molar-refractivity contribution in [1.29, 1.82) is 0 Å². The van der Waals surface area contributed by atoms with Crippen molar-refractivity contribution in [3.05, 3.63) is 83.9 Å². The van der Waals surface area contributed by atoms with E-state index in [0.29, 0.717) is 12.2 Å². The van der Waals surface area contributed by atoms with Crippen LogP contribution in [0.4, 0.5) is 11.4 Å². The van der Waals surface area contributed by atoms with Gasteiger partial charge in [-0.3, -0.25) is 9.78 Å². The van der Waals surface area contributed by atoms with Crippen LogP contribution in [0.3, 0.4) is 0 Å². The van der Waals surface area contributed by atoms with Crippen molar-refractivity contribution in [2.75, 3.05) is 25.0 Å². The summed E-state index contributed by atoms with van der Waals surface area (Å²) in [6.45, 7) is 5.65. The molecule has 0 spiro atoms. The summed E-state index contributed by atoms with van der Waals surface area (Å²) in [6.07, 6.45) is 6.10. The first kappa shape index (κ1) is 19.5. The highest BCUT2D eigenvalue weighted by molar-refractivity contribution is 5.92. The van der Waals surface area contributed by atoms with Gasteiger partial charge in [-0.1, -0.05) is 12.1 Å². The number of aryl methyl sites for hydroxylation is 1. The van der Waals surface area contributed by atoms with Crippen molar-refractivity contribution in [3.63, 3.8) is 0 Å². The van der Waals surface area contributed by atoms with Gasteiger partial charge in [-0.2, -0.15) is 0 Å². The minimum atomic E-state index is -0.0702. The fraction of sp³-hybridized carbons (Fsp3) is 0.261. The molecule has 0 aliphatic rings. The van der Waals surface area contributed by atoms with Gasteiger partial charge in [-0.05, 0) is 67.8 Å². The third-order valence-corrected chi connectivity index (χ3v) is 4.74. The fourth-order valence-electron chi connectivity index (χ4n) is 3.13. The van der Waals surface area contributed by atoms with Gasteiger partial charge < -0.3 is 9.80 Å². The zero-order chi connectivity index (χ0) is 19.9. The summed E-state index contributed by atoms with van der Waals surface area (Å²) in [5, 5.41) is 0. The van der Waals surface area contributed by atoms with Crippen LogP contribution >= 0.6 is 0 Å². The van der Waals surface area contributed by atoms with Crippen LogP contribution in [0.1, 0.15) is 28.5 Å². The smallest absolute Gasteiger partial charge is 0.272 e. The molecule has 0 saturated carbocycles. The Bertz CT molecular complexity index is 909. The van der Waals surface area contributed by atoms with Crippen LogP contribution in [0.5, 0.6) is 0 Å². The predicted octanol–water partition coefficient (Wildman–Crippen LogP) is 4.26. The first-order valence-corrected chi connectivity index (χ1v) is 9.53. The number of nitrogens with zero attached hydrogens (tertiary/aromatic N) is 4. The van der Waals surface area contributed by atoms with Crippen LogP contribution in [-0.4, -0.2) is 40.9 Å². The Morgan fingerprint density at radius 1 is 1.04 bits per heavy atom. The highest BCUT2D eigenvalue weighted by Crippen LogP contribution is 2.25. The van der Waals surface area contributed by atoms with Crippen LogP contribution in [-0.2, 0) is 6.42 Å². The van der Waals surface area contributed by atoms with Crippen molar-refractivity contribution in [3.8, 4) is 0 Å². The van der Waals surface area contributed by atoms with Gasteiger partial charge in [0.25, 0.3) is 5.91 Å². The van der Waals surface area contributed by atoms with Gasteiger partial charge >= 0.3 is 0 Å². The van der Waals surface area contributed by atoms with Crippen molar-refractivity contribution in [1.82, 2.24) is 14.9 Å². The molecule has 1 aromatic carbocycles. The van der Waals surface area contributed by atoms with Gasteiger partial charge in [0.15, 0.2) is 0 Å². The van der Waals surface area contributed by atoms with Gasteiger partial charge in [0, 0.05) is 38.2 Å². The number of carbonyl (C=O) groups is 1. The molecule has 0 aliphatic carbocycles. The first-order chi connectivity index (χ1) is 13.6. The maximum Gasteiger partial charge on any atom is 0.272 e. The lowest BCUT2D eigenvalue weighted by Gasteiger charge is -2.24. The molecular weight excluding hydrogens is 348 g/mol. The maximum absolute atomic E-state index is 12.7. The van der Waals surface area contributed by atoms with Crippen LogP contribution < -0.4 is 4.90 Å². The molecule has 28 heavy (non-hydrogen) atoms. The molecule has 0 atom stereocenters. The van der Waals surface area contributed by atoms with Crippen LogP contribution in [0.15, 0.2) is 67.1 Å². The van der Waals surface area contributed by atoms with E-state index in [4.69, 9.17) is 0 Å². The molecule has 0 fully saturated rings. The number of hydrogen-bond acceptors (Lipinski definition) is 4. The zero-order valence-electron chi connectivity index (χ0n) is 16.7. The Kier molecular flexibility index (Phi) is 6.37. The molecule has 0 saturated heterocycles. The van der Waals surface area contributed by atoms with Crippen molar-refractivity contribution in [2.45, 2.75) is 20.3 Å². The maximum atomic E-state index is 12.7. The Morgan fingerprint density at radius 3 is 2.46 bits per heavy atom. The molecule has 144 valence electrons. The Balaban J connectivity index is 1.68. The van der Waals surface area contributed by atoms with Crippen molar-refractivity contribution < 1.29 is 4.79 Å². The standard InChI is InChI=1S/C23H26N4O/c1-4-27(20-7-5-6-18(2)16-20)21-8-9-22(25-17-21)23(28)26(3)15-12-19-10-13-24-14-11-19/h5-11,13-14,16-17H,4,12,15H2,1-3H3. The van der Waals surface area contributed by atoms with Crippen molar-refractivity contribution >= 4 is 17.3 Å². The summed E-state index contributed by atoms with van der Waals surface area (Å²) in [5.41, 5.74) is 4.93. The number of likely N-dealkylation sites (N-methyl/N-ethyl adjacent to an activating group) is 1. The normalized spacial score (nSPS) is 10.5. The van der Waals surface area contributed by atoms with E-state index in [-0.39, 0.29) is 5.91 Å². The minimum absolute atomic E-state index is 0.0702. The van der Waals surface area contributed by atoms with Crippen LogP contribution in [0.25, 0.3) is 0 Å². The average Bonchev–Trinajstić information content (AvgIpc) is 2.73. The fourth-order valence-corrected chi connectivity index (χ4v) is 3.13. The van der Waals surface area contributed by atoms with Gasteiger partial charge in [-0.25, -0.2) is 4.98 Å². The van der Waals surface area contributed by atoms with E-state index in [0.717, 1.165) is 29.9 Å². The molecule has 0 N–H and O–H groups in total. The molecule has 3 rings (SSSR count). The number of carbonyl (C=O) groups excluding carboxylic acids is 1. The first-order valence-electron chi connectivity index (χ1n) is 9.53. The van der Waals surface area contributed by atoms with E-state index in [2.05, 4.69) is 53.0 Å². The van der Waals surface area contributed by atoms with Crippen LogP contribution in [0, 0.1) is 6.92 Å². The lowest BCUT2D eigenvalue weighted by atomic mass is 10.2. The average molecular weight is 374 g/mol. The second kappa shape index (κ2) is 9.13. The van der Waals surface area contributed by atoms with E-state index >= 15 is 0 Å². The highest BCUT2D eigenvalue weighted by atomic mass is 16.2. The third-order valence-electron chi connectivity index (χ3n) is 4.74. The van der Waals surface area contributed by atoms with Gasteiger partial charge in [-0.15, -0.1) is 0 Å². The zero-order valence-corrected chi connectivity index (χ0v) is 16.7. The van der Waals surface area contributed by atoms with E-state index in [9.17, 15) is 4.79 Å². The van der Waals surface area contributed by atoms with E-state index < -0.39 is 0 Å². The molecule has 0 radical (unpaired) electrons. The summed E-state index contributed by atoms with van der Waals surface area (Å²) < 4.78 is 0. The Labute approximate surface area is 166 Å². The molecular formula is C23H26N4O. The van der Waals surface area contributed by atoms with Crippen molar-refractivity contribution in [2.24, 2.45) is 0 Å². The second-order valence-electron chi connectivity index (χ2n) is 6.82. The number of amides is 1. The number of pyridine rings is 2. The molecule has 2 heterocycles. The molecule has 0 aliphatic heterocycles. The summed E-state index contributed by atoms with van der Waals surface area (Å²) in [7, 11) is 1.81. The Morgan fingerprint density at radius 2 is 1.82 bits per heavy atom. The quantitative estimate of drug-likeness (QED) is 0.620. The minimum Gasteiger partial charge on any atom is -0.341 e. The number of hydrogen-bond donors (Lipinski definition) is 0. The molecule has 0 bridgehead atoms. The Hall–Kier alpha value is -3.21. The van der Waals surface area contributed by atoms with Crippen LogP contribution in [0.2, 0.25) is 0 Å². The van der Waals surface area contributed by atoms with E-state index in [1.165, 1.54) is 5.56 Å². The lowest BCUT2D eigenvalue weighted by molar-refractivity contribution is 0.0791. The SMILES string of the molecule is CCN(c1ccc(C(=O)N(C)CCc2ccncc2)nc1)c1cccc(C)c1. The third kappa shape index (κ3) is 4.74. The number of benzene rings is 1. The number of anilines is 2. The summed E-state index contributed by atoms with van der Waals surface area (Å²) >= 11 is 0. The largest absolute Gasteiger partial charge is 0.341 e.